The Morgan fingerprint density at radius 2 is 2.06 bits per heavy atom. The third-order valence-corrected chi connectivity index (χ3v) is 4.08. The molecular formula is C12H18N2O3S. The summed E-state index contributed by atoms with van der Waals surface area (Å²) in [6.45, 7) is 3.64. The SMILES string of the molecule is CCCS(=O)(=O)CC(=O)Nc1ccc(C)cc1N. The number of carbonyl (C=O) groups excluding carboxylic acids is 1. The van der Waals surface area contributed by atoms with Gasteiger partial charge in [0.1, 0.15) is 5.75 Å². The van der Waals surface area contributed by atoms with Crippen molar-refractivity contribution in [3.05, 3.63) is 23.8 Å². The zero-order valence-corrected chi connectivity index (χ0v) is 11.4. The Kier molecular flexibility index (Phi) is 4.72. The molecule has 0 aromatic heterocycles. The number of nitrogen functional groups attached to an aromatic ring is 1. The molecule has 0 heterocycles. The van der Waals surface area contributed by atoms with Gasteiger partial charge in [-0.2, -0.15) is 0 Å². The van der Waals surface area contributed by atoms with E-state index in [2.05, 4.69) is 5.32 Å². The highest BCUT2D eigenvalue weighted by atomic mass is 32.2. The standard InChI is InChI=1S/C12H18N2O3S/c1-3-6-18(16,17)8-12(15)14-11-5-4-9(2)7-10(11)13/h4-5,7H,3,6,8,13H2,1-2H3,(H,14,15). The van der Waals surface area contributed by atoms with Gasteiger partial charge in [-0.05, 0) is 31.0 Å². The first kappa shape index (κ1) is 14.5. The minimum Gasteiger partial charge on any atom is -0.397 e. The molecule has 0 saturated heterocycles. The average molecular weight is 270 g/mol. The Labute approximate surface area is 107 Å². The fraction of sp³-hybridized carbons (Fsp3) is 0.417. The number of carbonyl (C=O) groups is 1. The molecule has 100 valence electrons. The molecule has 0 radical (unpaired) electrons. The molecule has 0 saturated carbocycles. The number of aryl methyl sites for hydroxylation is 1. The van der Waals surface area contributed by atoms with Gasteiger partial charge in [0.05, 0.1) is 17.1 Å². The number of hydrogen-bond acceptors (Lipinski definition) is 4. The highest BCUT2D eigenvalue weighted by molar-refractivity contribution is 7.92. The minimum absolute atomic E-state index is 0.0177. The van der Waals surface area contributed by atoms with Crippen molar-refractivity contribution in [3.63, 3.8) is 0 Å². The van der Waals surface area contributed by atoms with Gasteiger partial charge in [-0.1, -0.05) is 13.0 Å². The van der Waals surface area contributed by atoms with Crippen LogP contribution in [0.15, 0.2) is 18.2 Å². The lowest BCUT2D eigenvalue weighted by Crippen LogP contribution is -2.24. The Hall–Kier alpha value is -1.56. The first-order valence-corrected chi connectivity index (χ1v) is 7.52. The maximum atomic E-state index is 11.6. The predicted molar refractivity (Wildman–Crippen MR) is 73.2 cm³/mol. The Morgan fingerprint density at radius 1 is 1.39 bits per heavy atom. The molecule has 0 spiro atoms. The summed E-state index contributed by atoms with van der Waals surface area (Å²) in [5.41, 5.74) is 7.57. The van der Waals surface area contributed by atoms with Gasteiger partial charge in [0.15, 0.2) is 9.84 Å². The van der Waals surface area contributed by atoms with Crippen LogP contribution in [0.2, 0.25) is 0 Å². The lowest BCUT2D eigenvalue weighted by atomic mass is 10.2. The second-order valence-electron chi connectivity index (χ2n) is 4.23. The molecule has 1 aromatic rings. The molecule has 0 fully saturated rings. The Morgan fingerprint density at radius 3 is 2.61 bits per heavy atom. The average Bonchev–Trinajstić information content (AvgIpc) is 2.21. The summed E-state index contributed by atoms with van der Waals surface area (Å²) in [7, 11) is -3.32. The lowest BCUT2D eigenvalue weighted by molar-refractivity contribution is -0.113. The minimum atomic E-state index is -3.32. The summed E-state index contributed by atoms with van der Waals surface area (Å²) >= 11 is 0. The number of benzene rings is 1. The molecule has 0 aliphatic heterocycles. The monoisotopic (exact) mass is 270 g/mol. The van der Waals surface area contributed by atoms with E-state index < -0.39 is 21.5 Å². The van der Waals surface area contributed by atoms with Crippen LogP contribution in [0.25, 0.3) is 0 Å². The van der Waals surface area contributed by atoms with Crippen molar-refractivity contribution < 1.29 is 13.2 Å². The van der Waals surface area contributed by atoms with Crippen LogP contribution in [0.3, 0.4) is 0 Å². The molecule has 5 nitrogen and oxygen atoms in total. The van der Waals surface area contributed by atoms with E-state index in [1.165, 1.54) is 0 Å². The van der Waals surface area contributed by atoms with Gasteiger partial charge >= 0.3 is 0 Å². The first-order valence-electron chi connectivity index (χ1n) is 5.70. The van der Waals surface area contributed by atoms with Crippen LogP contribution in [0.1, 0.15) is 18.9 Å². The number of rotatable bonds is 5. The summed E-state index contributed by atoms with van der Waals surface area (Å²) in [5, 5.41) is 2.51. The number of hydrogen-bond donors (Lipinski definition) is 2. The number of nitrogens with one attached hydrogen (secondary N) is 1. The van der Waals surface area contributed by atoms with Crippen molar-refractivity contribution in [1.82, 2.24) is 0 Å². The molecule has 0 aliphatic carbocycles. The lowest BCUT2D eigenvalue weighted by Gasteiger charge is -2.09. The van der Waals surface area contributed by atoms with Gasteiger partial charge < -0.3 is 11.1 Å². The van der Waals surface area contributed by atoms with Gasteiger partial charge in [0.25, 0.3) is 0 Å². The van der Waals surface area contributed by atoms with Crippen LogP contribution in [0.4, 0.5) is 11.4 Å². The second kappa shape index (κ2) is 5.86. The molecule has 1 rings (SSSR count). The molecule has 0 aliphatic rings. The molecule has 0 bridgehead atoms. The highest BCUT2D eigenvalue weighted by Gasteiger charge is 2.16. The fourth-order valence-corrected chi connectivity index (χ4v) is 2.80. The fourth-order valence-electron chi connectivity index (χ4n) is 1.57. The molecule has 0 unspecified atom stereocenters. The van der Waals surface area contributed by atoms with Crippen molar-refractivity contribution in [2.75, 3.05) is 22.6 Å². The second-order valence-corrected chi connectivity index (χ2v) is 6.41. The van der Waals surface area contributed by atoms with Crippen molar-refractivity contribution >= 4 is 27.1 Å². The molecular weight excluding hydrogens is 252 g/mol. The zero-order valence-electron chi connectivity index (χ0n) is 10.6. The Balaban J connectivity index is 2.71. The summed E-state index contributed by atoms with van der Waals surface area (Å²) in [5.74, 6) is -1.04. The van der Waals surface area contributed by atoms with E-state index >= 15 is 0 Å². The topological polar surface area (TPSA) is 89.3 Å². The molecule has 3 N–H and O–H groups in total. The van der Waals surface area contributed by atoms with Crippen LogP contribution < -0.4 is 11.1 Å². The quantitative estimate of drug-likeness (QED) is 0.790. The maximum absolute atomic E-state index is 11.6. The summed E-state index contributed by atoms with van der Waals surface area (Å²) < 4.78 is 23.0. The van der Waals surface area contributed by atoms with E-state index in [-0.39, 0.29) is 5.75 Å². The molecule has 1 aromatic carbocycles. The summed E-state index contributed by atoms with van der Waals surface area (Å²) in [4.78, 5) is 11.6. The number of nitrogens with two attached hydrogens (primary N) is 1. The maximum Gasteiger partial charge on any atom is 0.239 e. The third-order valence-electron chi connectivity index (χ3n) is 2.35. The predicted octanol–water partition coefficient (Wildman–Crippen LogP) is 1.34. The smallest absolute Gasteiger partial charge is 0.239 e. The van der Waals surface area contributed by atoms with E-state index in [0.717, 1.165) is 5.56 Å². The van der Waals surface area contributed by atoms with E-state index in [9.17, 15) is 13.2 Å². The van der Waals surface area contributed by atoms with Crippen LogP contribution >= 0.6 is 0 Å². The van der Waals surface area contributed by atoms with Crippen LogP contribution in [0.5, 0.6) is 0 Å². The number of sulfone groups is 1. The largest absolute Gasteiger partial charge is 0.397 e. The summed E-state index contributed by atoms with van der Waals surface area (Å²) in [6.07, 6.45) is 0.502. The zero-order chi connectivity index (χ0) is 13.8. The molecule has 0 atom stereocenters. The van der Waals surface area contributed by atoms with E-state index in [4.69, 9.17) is 5.73 Å². The van der Waals surface area contributed by atoms with E-state index in [0.29, 0.717) is 17.8 Å². The summed E-state index contributed by atoms with van der Waals surface area (Å²) in [6, 6.07) is 5.18. The van der Waals surface area contributed by atoms with Crippen LogP contribution in [0, 0.1) is 6.92 Å². The van der Waals surface area contributed by atoms with Gasteiger partial charge in [-0.25, -0.2) is 8.42 Å². The van der Waals surface area contributed by atoms with Gasteiger partial charge in [0.2, 0.25) is 5.91 Å². The van der Waals surface area contributed by atoms with Crippen molar-refractivity contribution in [2.45, 2.75) is 20.3 Å². The van der Waals surface area contributed by atoms with Gasteiger partial charge in [-0.3, -0.25) is 4.79 Å². The van der Waals surface area contributed by atoms with E-state index in [1.54, 1.807) is 25.1 Å². The van der Waals surface area contributed by atoms with Crippen molar-refractivity contribution in [1.29, 1.82) is 0 Å². The van der Waals surface area contributed by atoms with E-state index in [1.807, 2.05) is 6.92 Å². The Bertz CT molecular complexity index is 538. The molecule has 6 heteroatoms. The highest BCUT2D eigenvalue weighted by Crippen LogP contribution is 2.19. The number of anilines is 2. The van der Waals surface area contributed by atoms with Crippen LogP contribution in [-0.4, -0.2) is 25.8 Å². The normalized spacial score (nSPS) is 11.2. The van der Waals surface area contributed by atoms with Gasteiger partial charge in [0, 0.05) is 0 Å². The number of amides is 1. The van der Waals surface area contributed by atoms with Crippen molar-refractivity contribution in [2.24, 2.45) is 0 Å². The van der Waals surface area contributed by atoms with Gasteiger partial charge in [-0.15, -0.1) is 0 Å². The molecule has 18 heavy (non-hydrogen) atoms. The molecule has 1 amide bonds. The van der Waals surface area contributed by atoms with Crippen molar-refractivity contribution in [3.8, 4) is 0 Å². The third kappa shape index (κ3) is 4.37. The van der Waals surface area contributed by atoms with Crippen LogP contribution in [-0.2, 0) is 14.6 Å². The first-order chi connectivity index (χ1) is 8.34.